The van der Waals surface area contributed by atoms with Gasteiger partial charge in [-0.1, -0.05) is 11.6 Å². The lowest BCUT2D eigenvalue weighted by Crippen LogP contribution is -2.07. The first-order chi connectivity index (χ1) is 7.18. The highest BCUT2D eigenvalue weighted by Gasteiger charge is 1.94. The Bertz CT molecular complexity index is 315. The molecule has 1 aromatic heterocycles. The van der Waals surface area contributed by atoms with Gasteiger partial charge in [0.2, 0.25) is 0 Å². The summed E-state index contributed by atoms with van der Waals surface area (Å²) < 4.78 is 0. The van der Waals surface area contributed by atoms with Crippen molar-refractivity contribution in [3.63, 3.8) is 0 Å². The molecule has 0 aliphatic rings. The normalized spacial score (nSPS) is 11.7. The lowest BCUT2D eigenvalue weighted by Gasteiger charge is -2.02. The molecule has 4 N–H and O–H groups in total. The van der Waals surface area contributed by atoms with Crippen LogP contribution in [0.2, 0.25) is 5.15 Å². The molecule has 1 rings (SSSR count). The molecule has 0 spiro atoms. The van der Waals surface area contributed by atoms with E-state index in [2.05, 4.69) is 15.3 Å². The van der Waals surface area contributed by atoms with Gasteiger partial charge in [-0.2, -0.15) is 0 Å². The monoisotopic (exact) mass is 228 g/mol. The number of hydrogen-bond acceptors (Lipinski definition) is 2. The maximum absolute atomic E-state index is 5.73. The predicted octanol–water partition coefficient (Wildman–Crippen LogP) is 2.24. The van der Waals surface area contributed by atoms with Crippen molar-refractivity contribution in [1.29, 1.82) is 0 Å². The van der Waals surface area contributed by atoms with Crippen LogP contribution in [0, 0.1) is 0 Å². The summed E-state index contributed by atoms with van der Waals surface area (Å²) in [6, 6.07) is 3.75. The molecule has 4 nitrogen and oxygen atoms in total. The zero-order valence-corrected chi connectivity index (χ0v) is 9.64. The SMILES string of the molecule is CC(N)=NCCCCNc1ccc(Cl)[nH]1. The summed E-state index contributed by atoms with van der Waals surface area (Å²) in [7, 11) is 0. The third-order valence-electron chi connectivity index (χ3n) is 1.91. The van der Waals surface area contributed by atoms with Crippen LogP contribution in [-0.4, -0.2) is 23.9 Å². The number of H-pyrrole nitrogens is 1. The molecule has 0 saturated heterocycles. The van der Waals surface area contributed by atoms with Crippen LogP contribution in [0.4, 0.5) is 5.82 Å². The molecule has 0 saturated carbocycles. The Hall–Kier alpha value is -1.16. The first-order valence-corrected chi connectivity index (χ1v) is 5.41. The van der Waals surface area contributed by atoms with Gasteiger partial charge in [0.15, 0.2) is 0 Å². The first kappa shape index (κ1) is 11.9. The Labute approximate surface area is 94.9 Å². The topological polar surface area (TPSA) is 66.2 Å². The van der Waals surface area contributed by atoms with E-state index in [9.17, 15) is 0 Å². The minimum Gasteiger partial charge on any atom is -0.388 e. The zero-order valence-electron chi connectivity index (χ0n) is 8.89. The number of nitrogens with one attached hydrogen (secondary N) is 2. The minimum atomic E-state index is 0.652. The molecule has 0 aromatic carbocycles. The van der Waals surface area contributed by atoms with Crippen molar-refractivity contribution in [1.82, 2.24) is 4.98 Å². The highest BCUT2D eigenvalue weighted by atomic mass is 35.5. The number of rotatable bonds is 6. The third-order valence-corrected chi connectivity index (χ3v) is 2.13. The summed E-state index contributed by atoms with van der Waals surface area (Å²) in [5.41, 5.74) is 5.42. The largest absolute Gasteiger partial charge is 0.388 e. The lowest BCUT2D eigenvalue weighted by atomic mass is 10.3. The van der Waals surface area contributed by atoms with Crippen molar-refractivity contribution in [3.8, 4) is 0 Å². The minimum absolute atomic E-state index is 0.652. The van der Waals surface area contributed by atoms with Crippen molar-refractivity contribution in [2.24, 2.45) is 10.7 Å². The predicted molar refractivity (Wildman–Crippen MR) is 65.7 cm³/mol. The van der Waals surface area contributed by atoms with Gasteiger partial charge in [0, 0.05) is 13.1 Å². The Morgan fingerprint density at radius 2 is 2.33 bits per heavy atom. The highest BCUT2D eigenvalue weighted by molar-refractivity contribution is 6.29. The van der Waals surface area contributed by atoms with E-state index < -0.39 is 0 Å². The van der Waals surface area contributed by atoms with Gasteiger partial charge in [-0.3, -0.25) is 4.99 Å². The van der Waals surface area contributed by atoms with Gasteiger partial charge in [-0.05, 0) is 31.9 Å². The molecule has 0 unspecified atom stereocenters. The van der Waals surface area contributed by atoms with E-state index in [-0.39, 0.29) is 0 Å². The number of aromatic amines is 1. The lowest BCUT2D eigenvalue weighted by molar-refractivity contribution is 0.773. The van der Waals surface area contributed by atoms with Crippen molar-refractivity contribution < 1.29 is 0 Å². The molecule has 1 aromatic rings. The fourth-order valence-electron chi connectivity index (χ4n) is 1.19. The van der Waals surface area contributed by atoms with Gasteiger partial charge in [-0.15, -0.1) is 0 Å². The summed E-state index contributed by atoms with van der Waals surface area (Å²) in [5, 5.41) is 3.89. The number of nitrogens with zero attached hydrogens (tertiary/aromatic N) is 1. The quantitative estimate of drug-likeness (QED) is 0.397. The summed E-state index contributed by atoms with van der Waals surface area (Å²) in [6.45, 7) is 3.52. The maximum Gasteiger partial charge on any atom is 0.107 e. The molecular weight excluding hydrogens is 212 g/mol. The van der Waals surface area contributed by atoms with Crippen LogP contribution in [0.3, 0.4) is 0 Å². The third kappa shape index (κ3) is 5.32. The second-order valence-corrected chi connectivity index (χ2v) is 3.78. The average Bonchev–Trinajstić information content (AvgIpc) is 2.57. The Morgan fingerprint density at radius 1 is 1.53 bits per heavy atom. The van der Waals surface area contributed by atoms with Gasteiger partial charge >= 0.3 is 0 Å². The first-order valence-electron chi connectivity index (χ1n) is 5.03. The number of halogens is 1. The van der Waals surface area contributed by atoms with E-state index in [1.807, 2.05) is 12.1 Å². The molecule has 0 fully saturated rings. The number of hydrogen-bond donors (Lipinski definition) is 3. The summed E-state index contributed by atoms with van der Waals surface area (Å²) in [4.78, 5) is 7.10. The van der Waals surface area contributed by atoms with Crippen LogP contribution < -0.4 is 11.1 Å². The number of aliphatic imine (C=N–C) groups is 1. The fourth-order valence-corrected chi connectivity index (χ4v) is 1.35. The van der Waals surface area contributed by atoms with Crippen molar-refractivity contribution >= 4 is 23.3 Å². The summed E-state index contributed by atoms with van der Waals surface area (Å²) in [5.74, 6) is 1.61. The molecule has 0 aliphatic heterocycles. The Kier molecular flexibility index (Phi) is 5.04. The van der Waals surface area contributed by atoms with E-state index in [0.29, 0.717) is 11.0 Å². The molecule has 0 radical (unpaired) electrons. The van der Waals surface area contributed by atoms with Crippen LogP contribution in [0.5, 0.6) is 0 Å². The van der Waals surface area contributed by atoms with Crippen LogP contribution >= 0.6 is 11.6 Å². The van der Waals surface area contributed by atoms with Gasteiger partial charge < -0.3 is 16.0 Å². The smallest absolute Gasteiger partial charge is 0.107 e. The highest BCUT2D eigenvalue weighted by Crippen LogP contribution is 2.11. The average molecular weight is 229 g/mol. The summed E-state index contributed by atoms with van der Waals surface area (Å²) in [6.07, 6.45) is 2.10. The van der Waals surface area contributed by atoms with Gasteiger partial charge in [0.1, 0.15) is 11.0 Å². The van der Waals surface area contributed by atoms with Crippen LogP contribution in [-0.2, 0) is 0 Å². The zero-order chi connectivity index (χ0) is 11.1. The van der Waals surface area contributed by atoms with Crippen molar-refractivity contribution in [3.05, 3.63) is 17.3 Å². The fraction of sp³-hybridized carbons (Fsp3) is 0.500. The molecule has 0 atom stereocenters. The number of aromatic nitrogens is 1. The van der Waals surface area contributed by atoms with Gasteiger partial charge in [-0.25, -0.2) is 0 Å². The van der Waals surface area contributed by atoms with Gasteiger partial charge in [0.25, 0.3) is 0 Å². The molecule has 84 valence electrons. The summed E-state index contributed by atoms with van der Waals surface area (Å²) >= 11 is 5.73. The molecule has 5 heteroatoms. The Balaban J connectivity index is 2.05. The van der Waals surface area contributed by atoms with E-state index in [1.165, 1.54) is 0 Å². The molecule has 15 heavy (non-hydrogen) atoms. The maximum atomic E-state index is 5.73. The second-order valence-electron chi connectivity index (χ2n) is 3.38. The number of unbranched alkanes of at least 4 members (excludes halogenated alkanes) is 1. The molecule has 0 aliphatic carbocycles. The number of anilines is 1. The van der Waals surface area contributed by atoms with E-state index in [4.69, 9.17) is 17.3 Å². The van der Waals surface area contributed by atoms with Crippen LogP contribution in [0.15, 0.2) is 17.1 Å². The van der Waals surface area contributed by atoms with E-state index >= 15 is 0 Å². The van der Waals surface area contributed by atoms with Crippen LogP contribution in [0.1, 0.15) is 19.8 Å². The number of nitrogens with two attached hydrogens (primary N) is 1. The molecule has 0 bridgehead atoms. The van der Waals surface area contributed by atoms with E-state index in [1.54, 1.807) is 6.92 Å². The number of amidine groups is 1. The molecule has 1 heterocycles. The van der Waals surface area contributed by atoms with Crippen LogP contribution in [0.25, 0.3) is 0 Å². The van der Waals surface area contributed by atoms with E-state index in [0.717, 1.165) is 31.7 Å². The molecular formula is C10H17ClN4. The molecule has 0 amide bonds. The van der Waals surface area contributed by atoms with Crippen molar-refractivity contribution in [2.45, 2.75) is 19.8 Å². The van der Waals surface area contributed by atoms with Crippen molar-refractivity contribution in [2.75, 3.05) is 18.4 Å². The Morgan fingerprint density at radius 3 is 2.93 bits per heavy atom. The second kappa shape index (κ2) is 6.35. The van der Waals surface area contributed by atoms with Gasteiger partial charge in [0.05, 0.1) is 5.84 Å². The standard InChI is InChI=1S/C10H17ClN4/c1-8(12)13-6-2-3-7-14-10-5-4-9(11)15-10/h4-5,14-15H,2-3,6-7H2,1H3,(H2,12,13).